The molecule has 2 aromatic rings. The quantitative estimate of drug-likeness (QED) is 0.629. The Hall–Kier alpha value is -2.45. The van der Waals surface area contributed by atoms with Crippen LogP contribution in [0.25, 0.3) is 0 Å². The maximum atomic E-state index is 12.8. The number of nitrogens with one attached hydrogen (secondary N) is 2. The van der Waals surface area contributed by atoms with E-state index in [-0.39, 0.29) is 18.0 Å². The highest BCUT2D eigenvalue weighted by molar-refractivity contribution is 7.09. The van der Waals surface area contributed by atoms with Crippen molar-refractivity contribution < 1.29 is 9.59 Å². The normalized spacial score (nSPS) is 11.2. The molecule has 1 aromatic heterocycles. The van der Waals surface area contributed by atoms with E-state index in [2.05, 4.69) is 29.5 Å². The number of carbonyl (C=O) groups excluding carboxylic acids is 2. The van der Waals surface area contributed by atoms with Crippen molar-refractivity contribution in [2.45, 2.75) is 46.2 Å². The zero-order chi connectivity index (χ0) is 22.3. The molecule has 0 aliphatic rings. The lowest BCUT2D eigenvalue weighted by molar-refractivity contribution is 0.0946. The number of rotatable bonds is 9. The number of benzene rings is 1. The molecule has 0 fully saturated rings. The fourth-order valence-corrected chi connectivity index (χ4v) is 3.52. The molecule has 30 heavy (non-hydrogen) atoms. The minimum Gasteiger partial charge on any atom is -0.349 e. The minimum atomic E-state index is -0.190. The standard InChI is InChI=1S/C22H33N5O2S/c1-15(2)17-7-9-18(10-8-17)24-22(29)27(16(3)4)13-20-25-19(14-30-20)21(28)23-11-12-26(5)6/h7-10,14-16H,11-13H2,1-6H3,(H,23,28)(H,24,29). The maximum Gasteiger partial charge on any atom is 0.322 e. The fourth-order valence-electron chi connectivity index (χ4n) is 2.75. The second-order valence-corrected chi connectivity index (χ2v) is 9.06. The number of likely N-dealkylation sites (N-methyl/N-ethyl adjacent to an activating group) is 1. The Morgan fingerprint density at radius 3 is 2.33 bits per heavy atom. The first-order valence-corrected chi connectivity index (χ1v) is 11.1. The van der Waals surface area contributed by atoms with Gasteiger partial charge in [-0.25, -0.2) is 9.78 Å². The highest BCUT2D eigenvalue weighted by atomic mass is 32.1. The van der Waals surface area contributed by atoms with Gasteiger partial charge in [0.05, 0.1) is 6.54 Å². The Morgan fingerprint density at radius 2 is 1.77 bits per heavy atom. The molecule has 8 heteroatoms. The number of thiazole rings is 1. The third-order valence-corrected chi connectivity index (χ3v) is 5.48. The van der Waals surface area contributed by atoms with Crippen molar-refractivity contribution in [3.8, 4) is 0 Å². The Bertz CT molecular complexity index is 830. The third kappa shape index (κ3) is 7.11. The van der Waals surface area contributed by atoms with Gasteiger partial charge in [0.15, 0.2) is 0 Å². The molecule has 0 saturated carbocycles. The highest BCUT2D eigenvalue weighted by Gasteiger charge is 2.20. The van der Waals surface area contributed by atoms with Crippen molar-refractivity contribution in [1.29, 1.82) is 0 Å². The molecule has 2 N–H and O–H groups in total. The summed E-state index contributed by atoms with van der Waals surface area (Å²) in [5, 5.41) is 8.28. The number of anilines is 1. The van der Waals surface area contributed by atoms with Gasteiger partial charge in [0.2, 0.25) is 0 Å². The van der Waals surface area contributed by atoms with E-state index < -0.39 is 0 Å². The first-order chi connectivity index (χ1) is 14.2. The predicted octanol–water partition coefficient (Wildman–Crippen LogP) is 4.00. The van der Waals surface area contributed by atoms with E-state index in [1.807, 2.05) is 57.1 Å². The van der Waals surface area contributed by atoms with E-state index in [4.69, 9.17) is 0 Å². The average molecular weight is 432 g/mol. The summed E-state index contributed by atoms with van der Waals surface area (Å²) >= 11 is 1.39. The Kier molecular flexibility index (Phi) is 8.80. The molecule has 0 bridgehead atoms. The van der Waals surface area contributed by atoms with Crippen LogP contribution < -0.4 is 10.6 Å². The van der Waals surface area contributed by atoms with Crippen LogP contribution >= 0.6 is 11.3 Å². The van der Waals surface area contributed by atoms with Crippen molar-refractivity contribution in [1.82, 2.24) is 20.1 Å². The minimum absolute atomic E-state index is 0.0128. The van der Waals surface area contributed by atoms with Crippen LogP contribution in [0, 0.1) is 0 Å². The van der Waals surface area contributed by atoms with E-state index >= 15 is 0 Å². The molecule has 3 amide bonds. The zero-order valence-electron chi connectivity index (χ0n) is 18.7. The average Bonchev–Trinajstić information content (AvgIpc) is 3.14. The van der Waals surface area contributed by atoms with Crippen LogP contribution in [0.1, 0.15) is 54.7 Å². The Morgan fingerprint density at radius 1 is 1.10 bits per heavy atom. The third-order valence-electron chi connectivity index (χ3n) is 4.65. The molecule has 7 nitrogen and oxygen atoms in total. The van der Waals surface area contributed by atoms with Gasteiger partial charge >= 0.3 is 6.03 Å². The summed E-state index contributed by atoms with van der Waals surface area (Å²) in [6.45, 7) is 9.88. The SMILES string of the molecule is CC(C)c1ccc(NC(=O)N(Cc2nc(C(=O)NCCN(C)C)cs2)C(C)C)cc1. The molecule has 0 radical (unpaired) electrons. The van der Waals surface area contributed by atoms with Gasteiger partial charge in [0, 0.05) is 30.2 Å². The molecule has 164 valence electrons. The number of hydrogen-bond acceptors (Lipinski definition) is 5. The van der Waals surface area contributed by atoms with Gasteiger partial charge in [-0.2, -0.15) is 0 Å². The Labute approximate surface area is 183 Å². The largest absolute Gasteiger partial charge is 0.349 e. The number of amides is 3. The lowest BCUT2D eigenvalue weighted by atomic mass is 10.0. The predicted molar refractivity (Wildman–Crippen MR) is 123 cm³/mol. The number of carbonyl (C=O) groups is 2. The van der Waals surface area contributed by atoms with Crippen LogP contribution in [-0.4, -0.2) is 59.9 Å². The molecule has 0 unspecified atom stereocenters. The molecule has 0 saturated heterocycles. The first kappa shape index (κ1) is 23.8. The molecule has 0 aliphatic carbocycles. The van der Waals surface area contributed by atoms with Crippen LogP contribution in [0.2, 0.25) is 0 Å². The summed E-state index contributed by atoms with van der Waals surface area (Å²) in [4.78, 5) is 33.2. The number of aromatic nitrogens is 1. The summed E-state index contributed by atoms with van der Waals surface area (Å²) in [5.41, 5.74) is 2.38. The van der Waals surface area contributed by atoms with E-state index in [9.17, 15) is 9.59 Å². The molecule has 0 atom stereocenters. The van der Waals surface area contributed by atoms with Crippen LogP contribution in [0.15, 0.2) is 29.6 Å². The monoisotopic (exact) mass is 431 g/mol. The van der Waals surface area contributed by atoms with E-state index in [0.29, 0.717) is 24.7 Å². The van der Waals surface area contributed by atoms with Crippen LogP contribution in [0.5, 0.6) is 0 Å². The number of hydrogen-bond donors (Lipinski definition) is 2. The fraction of sp³-hybridized carbons (Fsp3) is 0.500. The topological polar surface area (TPSA) is 77.6 Å². The molecular formula is C22H33N5O2S. The van der Waals surface area contributed by atoms with E-state index in [1.54, 1.807) is 10.3 Å². The van der Waals surface area contributed by atoms with Crippen LogP contribution in [0.3, 0.4) is 0 Å². The Balaban J connectivity index is 1.99. The van der Waals surface area contributed by atoms with Gasteiger partial charge < -0.3 is 20.4 Å². The van der Waals surface area contributed by atoms with E-state index in [1.165, 1.54) is 16.9 Å². The van der Waals surface area contributed by atoms with Crippen molar-refractivity contribution in [2.24, 2.45) is 0 Å². The van der Waals surface area contributed by atoms with Crippen molar-refractivity contribution >= 4 is 29.0 Å². The van der Waals surface area contributed by atoms with Gasteiger partial charge in [0.25, 0.3) is 5.91 Å². The first-order valence-electron chi connectivity index (χ1n) is 10.2. The zero-order valence-corrected chi connectivity index (χ0v) is 19.5. The lowest BCUT2D eigenvalue weighted by Crippen LogP contribution is -2.39. The number of nitrogens with zero attached hydrogens (tertiary/aromatic N) is 3. The second kappa shape index (κ2) is 11.1. The van der Waals surface area contributed by atoms with Gasteiger partial charge in [0.1, 0.15) is 10.7 Å². The molecule has 0 spiro atoms. The summed E-state index contributed by atoms with van der Waals surface area (Å²) in [6, 6.07) is 7.70. The number of urea groups is 1. The van der Waals surface area contributed by atoms with Crippen molar-refractivity contribution in [3.05, 3.63) is 45.9 Å². The van der Waals surface area contributed by atoms with Crippen molar-refractivity contribution in [3.63, 3.8) is 0 Å². The smallest absolute Gasteiger partial charge is 0.322 e. The van der Waals surface area contributed by atoms with Gasteiger partial charge in [-0.15, -0.1) is 11.3 Å². The van der Waals surface area contributed by atoms with Gasteiger partial charge in [-0.05, 0) is 51.6 Å². The van der Waals surface area contributed by atoms with Crippen LogP contribution in [0.4, 0.5) is 10.5 Å². The molecular weight excluding hydrogens is 398 g/mol. The second-order valence-electron chi connectivity index (χ2n) is 8.11. The molecule has 2 rings (SSSR count). The summed E-state index contributed by atoms with van der Waals surface area (Å²) in [5.74, 6) is 0.256. The van der Waals surface area contributed by atoms with Gasteiger partial charge in [-0.3, -0.25) is 4.79 Å². The van der Waals surface area contributed by atoms with Crippen molar-refractivity contribution in [2.75, 3.05) is 32.5 Å². The summed E-state index contributed by atoms with van der Waals surface area (Å²) in [6.07, 6.45) is 0. The highest BCUT2D eigenvalue weighted by Crippen LogP contribution is 2.19. The molecule has 1 aromatic carbocycles. The van der Waals surface area contributed by atoms with Crippen LogP contribution in [-0.2, 0) is 6.54 Å². The maximum absolute atomic E-state index is 12.8. The van der Waals surface area contributed by atoms with Gasteiger partial charge in [-0.1, -0.05) is 26.0 Å². The molecule has 1 heterocycles. The lowest BCUT2D eigenvalue weighted by Gasteiger charge is -2.26. The summed E-state index contributed by atoms with van der Waals surface area (Å²) < 4.78 is 0. The summed E-state index contributed by atoms with van der Waals surface area (Å²) in [7, 11) is 3.91. The van der Waals surface area contributed by atoms with E-state index in [0.717, 1.165) is 17.2 Å². The molecule has 0 aliphatic heterocycles.